The van der Waals surface area contributed by atoms with Crippen molar-refractivity contribution < 1.29 is 4.42 Å². The number of rotatable bonds is 8. The Morgan fingerprint density at radius 1 is 1.12 bits per heavy atom. The first-order valence-electron chi connectivity index (χ1n) is 8.05. The summed E-state index contributed by atoms with van der Waals surface area (Å²) in [6, 6.07) is 14.3. The highest BCUT2D eigenvalue weighted by Crippen LogP contribution is 2.02. The number of guanidine groups is 1. The Bertz CT molecular complexity index is 572. The van der Waals surface area contributed by atoms with E-state index < -0.39 is 0 Å². The van der Waals surface area contributed by atoms with Crippen molar-refractivity contribution in [2.45, 2.75) is 20.0 Å². The van der Waals surface area contributed by atoms with Crippen LogP contribution in [0.1, 0.15) is 18.2 Å². The third-order valence-corrected chi connectivity index (χ3v) is 3.40. The fraction of sp³-hybridized carbons (Fsp3) is 0.389. The molecule has 2 N–H and O–H groups in total. The maximum absolute atomic E-state index is 5.30. The Hall–Kier alpha value is -1.54. The Kier molecular flexibility index (Phi) is 10.2. The van der Waals surface area contributed by atoms with Gasteiger partial charge in [-0.3, -0.25) is 0 Å². The Morgan fingerprint density at radius 3 is 2.58 bits per heavy atom. The number of hydrogen-bond donors (Lipinski definition) is 2. The second-order valence-corrected chi connectivity index (χ2v) is 5.42. The van der Waals surface area contributed by atoms with Crippen LogP contribution in [0.3, 0.4) is 0 Å². The van der Waals surface area contributed by atoms with E-state index in [9.17, 15) is 0 Å². The van der Waals surface area contributed by atoms with Gasteiger partial charge in [-0.1, -0.05) is 30.3 Å². The summed E-state index contributed by atoms with van der Waals surface area (Å²) in [5.74, 6) is 1.68. The van der Waals surface area contributed by atoms with Crippen molar-refractivity contribution in [2.75, 3.05) is 26.7 Å². The predicted octanol–water partition coefficient (Wildman–Crippen LogP) is 3.08. The van der Waals surface area contributed by atoms with Crippen molar-refractivity contribution in [1.29, 1.82) is 0 Å². The minimum absolute atomic E-state index is 0. The maximum Gasteiger partial charge on any atom is 0.191 e. The third kappa shape index (κ3) is 7.83. The van der Waals surface area contributed by atoms with Gasteiger partial charge in [0.15, 0.2) is 5.96 Å². The zero-order valence-electron chi connectivity index (χ0n) is 14.4. The van der Waals surface area contributed by atoms with E-state index >= 15 is 0 Å². The SMILES string of the molecule is CCNC(=NCc1ccco1)NCCN(C)Cc1ccccc1.I. The molecule has 0 saturated carbocycles. The molecule has 0 aliphatic heterocycles. The van der Waals surface area contributed by atoms with Crippen LogP contribution in [0.5, 0.6) is 0 Å². The lowest BCUT2D eigenvalue weighted by atomic mass is 10.2. The molecule has 0 fully saturated rings. The van der Waals surface area contributed by atoms with Gasteiger partial charge in [0, 0.05) is 26.2 Å². The first-order valence-corrected chi connectivity index (χ1v) is 8.05. The van der Waals surface area contributed by atoms with Crippen LogP contribution >= 0.6 is 24.0 Å². The third-order valence-electron chi connectivity index (χ3n) is 3.40. The molecular formula is C18H27IN4O. The fourth-order valence-electron chi connectivity index (χ4n) is 2.24. The van der Waals surface area contributed by atoms with Gasteiger partial charge in [0.1, 0.15) is 12.3 Å². The van der Waals surface area contributed by atoms with Gasteiger partial charge in [-0.2, -0.15) is 0 Å². The number of aliphatic imine (C=N–C) groups is 1. The summed E-state index contributed by atoms with van der Waals surface area (Å²) in [7, 11) is 2.13. The molecule has 24 heavy (non-hydrogen) atoms. The molecule has 0 aliphatic carbocycles. The topological polar surface area (TPSA) is 52.8 Å². The second kappa shape index (κ2) is 11.9. The molecule has 0 spiro atoms. The number of benzene rings is 1. The summed E-state index contributed by atoms with van der Waals surface area (Å²) in [5, 5.41) is 6.60. The molecule has 0 radical (unpaired) electrons. The minimum Gasteiger partial charge on any atom is -0.467 e. The first kappa shape index (κ1) is 20.5. The van der Waals surface area contributed by atoms with E-state index in [0.29, 0.717) is 6.54 Å². The minimum atomic E-state index is 0. The highest BCUT2D eigenvalue weighted by Gasteiger charge is 2.02. The van der Waals surface area contributed by atoms with E-state index in [4.69, 9.17) is 4.42 Å². The van der Waals surface area contributed by atoms with Gasteiger partial charge in [0.2, 0.25) is 0 Å². The Morgan fingerprint density at radius 2 is 1.92 bits per heavy atom. The monoisotopic (exact) mass is 442 g/mol. The Labute approximate surface area is 161 Å². The number of halogens is 1. The lowest BCUT2D eigenvalue weighted by Gasteiger charge is -2.18. The number of furan rings is 1. The first-order chi connectivity index (χ1) is 11.3. The van der Waals surface area contributed by atoms with E-state index in [1.807, 2.05) is 18.2 Å². The molecule has 0 bridgehead atoms. The van der Waals surface area contributed by atoms with Gasteiger partial charge in [-0.15, -0.1) is 24.0 Å². The average Bonchev–Trinajstić information content (AvgIpc) is 3.07. The molecule has 5 nitrogen and oxygen atoms in total. The highest BCUT2D eigenvalue weighted by atomic mass is 127. The average molecular weight is 442 g/mol. The smallest absolute Gasteiger partial charge is 0.191 e. The van der Waals surface area contributed by atoms with Gasteiger partial charge in [-0.25, -0.2) is 4.99 Å². The number of nitrogens with one attached hydrogen (secondary N) is 2. The summed E-state index contributed by atoms with van der Waals surface area (Å²) < 4.78 is 5.30. The van der Waals surface area contributed by atoms with E-state index in [2.05, 4.69) is 58.8 Å². The normalized spacial score (nSPS) is 11.2. The zero-order chi connectivity index (χ0) is 16.3. The summed E-state index contributed by atoms with van der Waals surface area (Å²) in [5.41, 5.74) is 1.33. The number of likely N-dealkylation sites (N-methyl/N-ethyl adjacent to an activating group) is 1. The molecule has 2 rings (SSSR count). The molecule has 0 aliphatic rings. The standard InChI is InChI=1S/C18H26N4O.HI/c1-3-19-18(21-14-17-10-7-13-23-17)20-11-12-22(2)15-16-8-5-4-6-9-16;/h4-10,13H,3,11-12,14-15H2,1-2H3,(H2,19,20,21);1H. The molecule has 0 unspecified atom stereocenters. The highest BCUT2D eigenvalue weighted by molar-refractivity contribution is 14.0. The quantitative estimate of drug-likeness (QED) is 0.375. The van der Waals surface area contributed by atoms with E-state index in [0.717, 1.165) is 37.9 Å². The maximum atomic E-state index is 5.30. The van der Waals surface area contributed by atoms with E-state index in [1.165, 1.54) is 5.56 Å². The molecule has 1 aromatic heterocycles. The van der Waals surface area contributed by atoms with E-state index in [-0.39, 0.29) is 24.0 Å². The van der Waals surface area contributed by atoms with Crippen LogP contribution in [0.2, 0.25) is 0 Å². The van der Waals surface area contributed by atoms with Crippen LogP contribution in [0, 0.1) is 0 Å². The molecule has 1 heterocycles. The predicted molar refractivity (Wildman–Crippen MR) is 110 cm³/mol. The van der Waals surface area contributed by atoms with Crippen LogP contribution in [0.15, 0.2) is 58.1 Å². The van der Waals surface area contributed by atoms with E-state index in [1.54, 1.807) is 6.26 Å². The largest absolute Gasteiger partial charge is 0.467 e. The van der Waals surface area contributed by atoms with Crippen molar-refractivity contribution >= 4 is 29.9 Å². The molecule has 0 atom stereocenters. The van der Waals surface area contributed by atoms with Gasteiger partial charge in [-0.05, 0) is 31.7 Å². The van der Waals surface area contributed by atoms with Crippen LogP contribution < -0.4 is 10.6 Å². The van der Waals surface area contributed by atoms with Gasteiger partial charge in [0.25, 0.3) is 0 Å². The van der Waals surface area contributed by atoms with Gasteiger partial charge >= 0.3 is 0 Å². The summed E-state index contributed by atoms with van der Waals surface area (Å²) in [6.45, 7) is 6.17. The van der Waals surface area contributed by atoms with Crippen LogP contribution in [0.25, 0.3) is 0 Å². The number of hydrogen-bond acceptors (Lipinski definition) is 3. The lowest BCUT2D eigenvalue weighted by Crippen LogP contribution is -2.40. The van der Waals surface area contributed by atoms with Crippen LogP contribution in [-0.4, -0.2) is 37.5 Å². The van der Waals surface area contributed by atoms with Crippen molar-refractivity contribution in [3.8, 4) is 0 Å². The molecule has 2 aromatic rings. The van der Waals surface area contributed by atoms with Crippen molar-refractivity contribution in [1.82, 2.24) is 15.5 Å². The van der Waals surface area contributed by atoms with Gasteiger partial charge in [0.05, 0.1) is 6.26 Å². The molecule has 0 saturated heterocycles. The molecule has 6 heteroatoms. The summed E-state index contributed by atoms with van der Waals surface area (Å²) in [4.78, 5) is 6.81. The number of nitrogens with zero attached hydrogens (tertiary/aromatic N) is 2. The molecule has 132 valence electrons. The van der Waals surface area contributed by atoms with Crippen LogP contribution in [0.4, 0.5) is 0 Å². The zero-order valence-corrected chi connectivity index (χ0v) is 16.7. The summed E-state index contributed by atoms with van der Waals surface area (Å²) >= 11 is 0. The molecule has 0 amide bonds. The lowest BCUT2D eigenvalue weighted by molar-refractivity contribution is 0.331. The summed E-state index contributed by atoms with van der Waals surface area (Å²) in [6.07, 6.45) is 1.67. The van der Waals surface area contributed by atoms with Crippen molar-refractivity contribution in [3.05, 3.63) is 60.1 Å². The van der Waals surface area contributed by atoms with Gasteiger partial charge < -0.3 is 20.0 Å². The van der Waals surface area contributed by atoms with Crippen molar-refractivity contribution in [3.63, 3.8) is 0 Å². The second-order valence-electron chi connectivity index (χ2n) is 5.42. The van der Waals surface area contributed by atoms with Crippen molar-refractivity contribution in [2.24, 2.45) is 4.99 Å². The molecule has 1 aromatic carbocycles. The van der Waals surface area contributed by atoms with Crippen LogP contribution in [-0.2, 0) is 13.1 Å². The molecular weight excluding hydrogens is 415 g/mol. The fourth-order valence-corrected chi connectivity index (χ4v) is 2.24. The Balaban J connectivity index is 0.00000288.